The Morgan fingerprint density at radius 3 is 2.81 bits per heavy atom. The number of thiazole rings is 1. The fourth-order valence-electron chi connectivity index (χ4n) is 1.02. The Kier molecular flexibility index (Phi) is 4.87. The fraction of sp³-hybridized carbons (Fsp3) is 0.444. The number of carboxylic acid groups (broad SMARTS) is 1. The average molecular weight is 243 g/mol. The van der Waals surface area contributed by atoms with E-state index in [1.54, 1.807) is 0 Å². The SMILES string of the molecule is CNCCCNC(=O)c1nc(C(=O)O)cs1. The third-order valence-corrected chi connectivity index (χ3v) is 2.65. The topological polar surface area (TPSA) is 91.3 Å². The monoisotopic (exact) mass is 243 g/mol. The van der Waals surface area contributed by atoms with Gasteiger partial charge in [0, 0.05) is 11.9 Å². The molecule has 7 heteroatoms. The van der Waals surface area contributed by atoms with E-state index in [2.05, 4.69) is 15.6 Å². The van der Waals surface area contributed by atoms with E-state index >= 15 is 0 Å². The molecule has 3 N–H and O–H groups in total. The lowest BCUT2D eigenvalue weighted by Gasteiger charge is -2.01. The molecule has 1 aromatic rings. The highest BCUT2D eigenvalue weighted by Gasteiger charge is 2.13. The zero-order valence-electron chi connectivity index (χ0n) is 8.82. The van der Waals surface area contributed by atoms with Gasteiger partial charge in [-0.2, -0.15) is 0 Å². The molecule has 1 aromatic heterocycles. The summed E-state index contributed by atoms with van der Waals surface area (Å²) in [7, 11) is 1.84. The van der Waals surface area contributed by atoms with Crippen molar-refractivity contribution in [3.8, 4) is 0 Å². The first-order chi connectivity index (χ1) is 7.65. The summed E-state index contributed by atoms with van der Waals surface area (Å²) in [5.41, 5.74) is -0.0922. The lowest BCUT2D eigenvalue weighted by atomic mass is 10.4. The summed E-state index contributed by atoms with van der Waals surface area (Å²) in [5.74, 6) is -1.45. The number of carboxylic acids is 1. The molecule has 88 valence electrons. The first-order valence-electron chi connectivity index (χ1n) is 4.76. The molecule has 0 saturated heterocycles. The van der Waals surface area contributed by atoms with Gasteiger partial charge in [-0.25, -0.2) is 9.78 Å². The Morgan fingerprint density at radius 1 is 1.50 bits per heavy atom. The molecule has 0 atom stereocenters. The van der Waals surface area contributed by atoms with Crippen molar-refractivity contribution < 1.29 is 14.7 Å². The molecule has 0 radical (unpaired) electrons. The van der Waals surface area contributed by atoms with Gasteiger partial charge in [0.05, 0.1) is 0 Å². The standard InChI is InChI=1S/C9H13N3O3S/c1-10-3-2-4-11-7(13)8-12-6(5-16-8)9(14)15/h5,10H,2-4H2,1H3,(H,11,13)(H,14,15). The van der Waals surface area contributed by atoms with Crippen LogP contribution in [0.4, 0.5) is 0 Å². The number of nitrogens with zero attached hydrogens (tertiary/aromatic N) is 1. The highest BCUT2D eigenvalue weighted by atomic mass is 32.1. The predicted octanol–water partition coefficient (Wildman–Crippen LogP) is 0.181. The average Bonchev–Trinajstić information content (AvgIpc) is 2.73. The largest absolute Gasteiger partial charge is 0.476 e. The van der Waals surface area contributed by atoms with Crippen LogP contribution in [0.2, 0.25) is 0 Å². The van der Waals surface area contributed by atoms with Crippen molar-refractivity contribution >= 4 is 23.2 Å². The summed E-state index contributed by atoms with van der Waals surface area (Å²) >= 11 is 1.03. The van der Waals surface area contributed by atoms with E-state index in [9.17, 15) is 9.59 Å². The van der Waals surface area contributed by atoms with E-state index in [4.69, 9.17) is 5.11 Å². The maximum atomic E-state index is 11.5. The number of hydrogen-bond acceptors (Lipinski definition) is 5. The van der Waals surface area contributed by atoms with Crippen molar-refractivity contribution in [1.29, 1.82) is 0 Å². The summed E-state index contributed by atoms with van der Waals surface area (Å²) in [6.45, 7) is 1.36. The summed E-state index contributed by atoms with van der Waals surface area (Å²) in [5, 5.41) is 15.8. The van der Waals surface area contributed by atoms with Crippen LogP contribution in [0, 0.1) is 0 Å². The molecule has 1 rings (SSSR count). The highest BCUT2D eigenvalue weighted by Crippen LogP contribution is 2.09. The van der Waals surface area contributed by atoms with E-state index < -0.39 is 5.97 Å². The van der Waals surface area contributed by atoms with E-state index in [1.165, 1.54) is 5.38 Å². The summed E-state index contributed by atoms with van der Waals surface area (Å²) < 4.78 is 0. The molecule has 6 nitrogen and oxygen atoms in total. The Balaban J connectivity index is 2.43. The molecule has 0 bridgehead atoms. The van der Waals surface area contributed by atoms with Crippen molar-refractivity contribution in [1.82, 2.24) is 15.6 Å². The minimum atomic E-state index is -1.12. The van der Waals surface area contributed by atoms with Crippen molar-refractivity contribution in [2.45, 2.75) is 6.42 Å². The fourth-order valence-corrected chi connectivity index (χ4v) is 1.73. The molecule has 1 amide bonds. The van der Waals surface area contributed by atoms with Crippen LogP contribution in [0.5, 0.6) is 0 Å². The van der Waals surface area contributed by atoms with Gasteiger partial charge in [-0.05, 0) is 20.0 Å². The number of rotatable bonds is 6. The van der Waals surface area contributed by atoms with Crippen LogP contribution in [0.1, 0.15) is 26.7 Å². The van der Waals surface area contributed by atoms with Crippen LogP contribution in [0.25, 0.3) is 0 Å². The predicted molar refractivity (Wildman–Crippen MR) is 60.0 cm³/mol. The molecule has 0 spiro atoms. The van der Waals surface area contributed by atoms with Gasteiger partial charge in [0.25, 0.3) is 5.91 Å². The maximum Gasteiger partial charge on any atom is 0.355 e. The van der Waals surface area contributed by atoms with Crippen LogP contribution >= 0.6 is 11.3 Å². The molecule has 0 aliphatic heterocycles. The molecular formula is C9H13N3O3S. The summed E-state index contributed by atoms with van der Waals surface area (Å²) in [4.78, 5) is 25.7. The van der Waals surface area contributed by atoms with Gasteiger partial charge in [0.1, 0.15) is 0 Å². The highest BCUT2D eigenvalue weighted by molar-refractivity contribution is 7.11. The van der Waals surface area contributed by atoms with E-state index in [0.29, 0.717) is 6.54 Å². The van der Waals surface area contributed by atoms with Crippen molar-refractivity contribution in [3.63, 3.8) is 0 Å². The Hall–Kier alpha value is -1.47. The first-order valence-corrected chi connectivity index (χ1v) is 5.64. The minimum Gasteiger partial charge on any atom is -0.476 e. The van der Waals surface area contributed by atoms with Crippen molar-refractivity contribution in [3.05, 3.63) is 16.1 Å². The number of aromatic carboxylic acids is 1. The van der Waals surface area contributed by atoms with Crippen LogP contribution in [-0.4, -0.2) is 42.1 Å². The van der Waals surface area contributed by atoms with Gasteiger partial charge in [-0.1, -0.05) is 0 Å². The van der Waals surface area contributed by atoms with Gasteiger partial charge >= 0.3 is 5.97 Å². The number of amides is 1. The van der Waals surface area contributed by atoms with E-state index in [0.717, 1.165) is 24.3 Å². The number of aromatic nitrogens is 1. The van der Waals surface area contributed by atoms with Gasteiger partial charge in [-0.15, -0.1) is 11.3 Å². The number of carbonyl (C=O) groups is 2. The molecule has 0 aliphatic carbocycles. The van der Waals surface area contributed by atoms with E-state index in [1.807, 2.05) is 7.05 Å². The summed E-state index contributed by atoms with van der Waals surface area (Å²) in [6.07, 6.45) is 0.819. The number of hydrogen-bond donors (Lipinski definition) is 3. The molecule has 0 saturated carbocycles. The first kappa shape index (κ1) is 12.6. The Morgan fingerprint density at radius 2 is 2.25 bits per heavy atom. The normalized spacial score (nSPS) is 10.1. The molecule has 0 unspecified atom stereocenters. The number of carbonyl (C=O) groups excluding carboxylic acids is 1. The second kappa shape index (κ2) is 6.19. The quantitative estimate of drug-likeness (QED) is 0.620. The lowest BCUT2D eigenvalue weighted by molar-refractivity contribution is 0.0691. The lowest BCUT2D eigenvalue weighted by Crippen LogP contribution is -2.26. The van der Waals surface area contributed by atoms with Crippen LogP contribution < -0.4 is 10.6 Å². The Labute approximate surface area is 96.7 Å². The van der Waals surface area contributed by atoms with Crippen molar-refractivity contribution in [2.24, 2.45) is 0 Å². The van der Waals surface area contributed by atoms with Crippen LogP contribution in [0.15, 0.2) is 5.38 Å². The number of nitrogens with one attached hydrogen (secondary N) is 2. The third-order valence-electron chi connectivity index (χ3n) is 1.81. The van der Waals surface area contributed by atoms with Crippen LogP contribution in [-0.2, 0) is 0 Å². The van der Waals surface area contributed by atoms with Gasteiger partial charge in [0.2, 0.25) is 0 Å². The second-order valence-electron chi connectivity index (χ2n) is 3.06. The third kappa shape index (κ3) is 3.59. The van der Waals surface area contributed by atoms with Crippen LogP contribution in [0.3, 0.4) is 0 Å². The molecule has 1 heterocycles. The Bertz CT molecular complexity index is 378. The molecule has 16 heavy (non-hydrogen) atoms. The van der Waals surface area contributed by atoms with Crippen molar-refractivity contribution in [2.75, 3.05) is 20.1 Å². The van der Waals surface area contributed by atoms with Gasteiger partial charge in [-0.3, -0.25) is 4.79 Å². The van der Waals surface area contributed by atoms with E-state index in [-0.39, 0.29) is 16.6 Å². The molecule has 0 aliphatic rings. The van der Waals surface area contributed by atoms with Gasteiger partial charge in [0.15, 0.2) is 10.7 Å². The minimum absolute atomic E-state index is 0.0922. The molecule has 0 aromatic carbocycles. The molecular weight excluding hydrogens is 230 g/mol. The zero-order chi connectivity index (χ0) is 12.0. The maximum absolute atomic E-state index is 11.5. The molecule has 0 fully saturated rings. The smallest absolute Gasteiger partial charge is 0.355 e. The van der Waals surface area contributed by atoms with Gasteiger partial charge < -0.3 is 15.7 Å². The zero-order valence-corrected chi connectivity index (χ0v) is 9.63. The summed E-state index contributed by atoms with van der Waals surface area (Å²) in [6, 6.07) is 0. The second-order valence-corrected chi connectivity index (χ2v) is 3.91.